The average Bonchev–Trinajstić information content (AvgIpc) is 2.33. The van der Waals surface area contributed by atoms with E-state index in [2.05, 4.69) is 0 Å². The summed E-state index contributed by atoms with van der Waals surface area (Å²) in [6.45, 7) is 0. The Hall–Kier alpha value is -0.625. The minimum absolute atomic E-state index is 0.776. The van der Waals surface area contributed by atoms with E-state index in [0.717, 1.165) is 17.1 Å². The van der Waals surface area contributed by atoms with E-state index < -0.39 is 0 Å². The molecule has 1 aliphatic heterocycles. The molecule has 2 rings (SSSR count). The smallest absolute Gasteiger partial charge is 0.374 e. The molecule has 1 nitrogen and oxygen atoms in total. The van der Waals surface area contributed by atoms with Gasteiger partial charge in [-0.2, -0.15) is 0 Å². The van der Waals surface area contributed by atoms with Gasteiger partial charge in [-0.05, 0) is 30.1 Å². The molecule has 10 heavy (non-hydrogen) atoms. The highest BCUT2D eigenvalue weighted by Crippen LogP contribution is 2.26. The van der Waals surface area contributed by atoms with Crippen molar-refractivity contribution >= 4 is 19.1 Å². The summed E-state index contributed by atoms with van der Waals surface area (Å²) in [5.74, 6) is 0.935. The molecule has 0 saturated heterocycles. The molecule has 1 heterocycles. The quantitative estimate of drug-likeness (QED) is 0.514. The Balaban J connectivity index is 2.52. The Morgan fingerprint density at radius 1 is 1.50 bits per heavy atom. The zero-order valence-electron chi connectivity index (χ0n) is 5.30. The van der Waals surface area contributed by atoms with Gasteiger partial charge >= 0.3 is 7.48 Å². The third-order valence-electron chi connectivity index (χ3n) is 1.54. The number of benzene rings is 1. The third-order valence-corrected chi connectivity index (χ3v) is 1.77. The molecule has 0 aliphatic carbocycles. The summed E-state index contributed by atoms with van der Waals surface area (Å²) >= 11 is 5.75. The Morgan fingerprint density at radius 2 is 2.40 bits per heavy atom. The first kappa shape index (κ1) is 6.11. The zero-order valence-corrected chi connectivity index (χ0v) is 6.06. The fourth-order valence-electron chi connectivity index (χ4n) is 1.04. The molecular formula is C7H5BClO. The van der Waals surface area contributed by atoms with Crippen LogP contribution in [0.15, 0.2) is 18.2 Å². The highest BCUT2D eigenvalue weighted by molar-refractivity contribution is 6.32. The maximum atomic E-state index is 5.75. The van der Waals surface area contributed by atoms with Crippen molar-refractivity contribution in [2.45, 2.75) is 6.32 Å². The van der Waals surface area contributed by atoms with E-state index in [4.69, 9.17) is 16.3 Å². The maximum Gasteiger partial charge on any atom is 0.374 e. The van der Waals surface area contributed by atoms with Crippen LogP contribution in [0.4, 0.5) is 0 Å². The number of hydrogen-bond donors (Lipinski definition) is 0. The van der Waals surface area contributed by atoms with E-state index in [9.17, 15) is 0 Å². The lowest BCUT2D eigenvalue weighted by atomic mass is 9.94. The minimum Gasteiger partial charge on any atom is -0.563 e. The predicted octanol–water partition coefficient (Wildman–Crippen LogP) is 1.85. The lowest BCUT2D eigenvalue weighted by Gasteiger charge is -1.97. The van der Waals surface area contributed by atoms with Crippen molar-refractivity contribution in [2.75, 3.05) is 0 Å². The van der Waals surface area contributed by atoms with E-state index in [-0.39, 0.29) is 0 Å². The van der Waals surface area contributed by atoms with Gasteiger partial charge in [-0.3, -0.25) is 0 Å². The van der Waals surface area contributed by atoms with Crippen LogP contribution < -0.4 is 4.65 Å². The predicted molar refractivity (Wildman–Crippen MR) is 41.5 cm³/mol. The van der Waals surface area contributed by atoms with Gasteiger partial charge in [-0.15, -0.1) is 0 Å². The molecule has 0 aromatic heterocycles. The van der Waals surface area contributed by atoms with Gasteiger partial charge in [0.1, 0.15) is 5.75 Å². The second-order valence-corrected chi connectivity index (χ2v) is 2.68. The average molecular weight is 151 g/mol. The molecule has 0 spiro atoms. The lowest BCUT2D eigenvalue weighted by molar-refractivity contribution is 0.614. The molecule has 1 aromatic carbocycles. The van der Waals surface area contributed by atoms with Crippen molar-refractivity contribution < 1.29 is 4.65 Å². The van der Waals surface area contributed by atoms with Crippen LogP contribution in [-0.4, -0.2) is 7.48 Å². The monoisotopic (exact) mass is 151 g/mol. The van der Waals surface area contributed by atoms with Crippen molar-refractivity contribution in [3.63, 3.8) is 0 Å². The molecule has 1 aromatic rings. The molecule has 0 fully saturated rings. The summed E-state index contributed by atoms with van der Waals surface area (Å²) in [7, 11) is 1.78. The van der Waals surface area contributed by atoms with Crippen molar-refractivity contribution in [2.24, 2.45) is 0 Å². The van der Waals surface area contributed by atoms with Gasteiger partial charge in [-0.25, -0.2) is 0 Å². The van der Waals surface area contributed by atoms with E-state index in [0.29, 0.717) is 0 Å². The molecule has 0 N–H and O–H groups in total. The van der Waals surface area contributed by atoms with Crippen LogP contribution in [0.3, 0.4) is 0 Å². The van der Waals surface area contributed by atoms with Crippen molar-refractivity contribution in [1.82, 2.24) is 0 Å². The first-order valence-corrected chi connectivity index (χ1v) is 3.51. The van der Waals surface area contributed by atoms with E-state index in [1.54, 1.807) is 7.48 Å². The molecule has 0 saturated carbocycles. The van der Waals surface area contributed by atoms with Gasteiger partial charge in [0.25, 0.3) is 0 Å². The highest BCUT2D eigenvalue weighted by Gasteiger charge is 2.12. The second kappa shape index (κ2) is 2.20. The normalized spacial score (nSPS) is 13.7. The van der Waals surface area contributed by atoms with Gasteiger partial charge in [-0.1, -0.05) is 11.6 Å². The molecule has 0 amide bonds. The van der Waals surface area contributed by atoms with Crippen LogP contribution in [0.2, 0.25) is 5.02 Å². The molecule has 0 bridgehead atoms. The summed E-state index contributed by atoms with van der Waals surface area (Å²) in [5.41, 5.74) is 1.17. The van der Waals surface area contributed by atoms with Crippen LogP contribution in [0, 0.1) is 0 Å². The first-order valence-electron chi connectivity index (χ1n) is 3.13. The van der Waals surface area contributed by atoms with Crippen LogP contribution in [0.5, 0.6) is 5.75 Å². The van der Waals surface area contributed by atoms with Gasteiger partial charge in [0.05, 0.1) is 0 Å². The summed E-state index contributed by atoms with van der Waals surface area (Å²) in [5, 5.41) is 0.776. The highest BCUT2D eigenvalue weighted by atomic mass is 35.5. The van der Waals surface area contributed by atoms with E-state index in [1.807, 2.05) is 18.2 Å². The number of fused-ring (bicyclic) bond motifs is 1. The Morgan fingerprint density at radius 3 is 3.30 bits per heavy atom. The topological polar surface area (TPSA) is 9.23 Å². The minimum atomic E-state index is 0.776. The fourth-order valence-corrected chi connectivity index (χ4v) is 1.24. The first-order chi connectivity index (χ1) is 4.86. The van der Waals surface area contributed by atoms with Crippen LogP contribution in [0.25, 0.3) is 0 Å². The summed E-state index contributed by atoms with van der Waals surface area (Å²) in [6.07, 6.45) is 0.871. The maximum absolute atomic E-state index is 5.75. The number of rotatable bonds is 0. The van der Waals surface area contributed by atoms with Gasteiger partial charge < -0.3 is 4.65 Å². The van der Waals surface area contributed by atoms with Crippen molar-refractivity contribution in [1.29, 1.82) is 0 Å². The molecule has 3 heteroatoms. The third kappa shape index (κ3) is 0.888. The van der Waals surface area contributed by atoms with Crippen LogP contribution >= 0.6 is 11.6 Å². The largest absolute Gasteiger partial charge is 0.563 e. The number of hydrogen-bond acceptors (Lipinski definition) is 1. The molecule has 1 aliphatic rings. The molecule has 0 atom stereocenters. The summed E-state index contributed by atoms with van der Waals surface area (Å²) in [4.78, 5) is 0. The lowest BCUT2D eigenvalue weighted by Crippen LogP contribution is -1.92. The zero-order chi connectivity index (χ0) is 6.97. The van der Waals surface area contributed by atoms with Gasteiger partial charge in [0.2, 0.25) is 0 Å². The Kier molecular flexibility index (Phi) is 1.35. The number of halogens is 1. The second-order valence-electron chi connectivity index (χ2n) is 2.24. The summed E-state index contributed by atoms with van der Waals surface area (Å²) in [6, 6.07) is 5.65. The fraction of sp³-hybridized carbons (Fsp3) is 0.143. The Labute approximate surface area is 65.2 Å². The van der Waals surface area contributed by atoms with Gasteiger partial charge in [0, 0.05) is 5.02 Å². The summed E-state index contributed by atoms with van der Waals surface area (Å²) < 4.78 is 5.17. The van der Waals surface area contributed by atoms with E-state index in [1.165, 1.54) is 5.56 Å². The molecule has 1 radical (unpaired) electrons. The molecule has 49 valence electrons. The van der Waals surface area contributed by atoms with E-state index >= 15 is 0 Å². The van der Waals surface area contributed by atoms with Gasteiger partial charge in [0.15, 0.2) is 0 Å². The SMILES string of the molecule is Clc1ccc2c(c1)C[B]O2. The molecule has 0 unspecified atom stereocenters. The van der Waals surface area contributed by atoms with Crippen LogP contribution in [-0.2, 0) is 6.32 Å². The van der Waals surface area contributed by atoms with Crippen LogP contribution in [0.1, 0.15) is 5.56 Å². The standard InChI is InChI=1S/C7H5BClO/c9-6-1-2-7-5(3-6)4-8-10-7/h1-3H,4H2. The molecular weight excluding hydrogens is 146 g/mol. The van der Waals surface area contributed by atoms with Crippen molar-refractivity contribution in [3.8, 4) is 5.75 Å². The Bertz CT molecular complexity index is 262. The van der Waals surface area contributed by atoms with Crippen molar-refractivity contribution in [3.05, 3.63) is 28.8 Å².